The molecule has 2 nitrogen and oxygen atoms in total. The second-order valence-corrected chi connectivity index (χ2v) is 1.93. The van der Waals surface area contributed by atoms with Crippen LogP contribution in [0.15, 0.2) is 0 Å². The van der Waals surface area contributed by atoms with Gasteiger partial charge in [-0.05, 0) is 0 Å². The average Bonchev–Trinajstić information content (AvgIpc) is 1.72. The maximum Gasteiger partial charge on any atom is 0 e. The minimum absolute atomic E-state index is 0. The van der Waals surface area contributed by atoms with Crippen LogP contribution in [0.5, 0.6) is 0 Å². The van der Waals surface area contributed by atoms with E-state index in [2.05, 4.69) is 6.42 Å². The first kappa shape index (κ1) is 16.3. The molecule has 0 amide bonds. The van der Waals surface area contributed by atoms with E-state index in [0.29, 0.717) is 0 Å². The normalized spacial score (nSPS) is 16.0. The van der Waals surface area contributed by atoms with Crippen molar-refractivity contribution in [1.82, 2.24) is 0 Å². The average molecular weight is 310 g/mol. The van der Waals surface area contributed by atoms with Gasteiger partial charge in [0, 0.05) is 21.1 Å². The van der Waals surface area contributed by atoms with Crippen molar-refractivity contribution in [2.24, 2.45) is 0 Å². The summed E-state index contributed by atoms with van der Waals surface area (Å²) in [7, 11) is 0. The van der Waals surface area contributed by atoms with Crippen molar-refractivity contribution < 1.29 is 21.1 Å². The number of hydrogen-bond acceptors (Lipinski definition) is 0. The molecule has 62 valence electrons. The van der Waals surface area contributed by atoms with Crippen molar-refractivity contribution in [3.8, 4) is 0 Å². The Hall–Kier alpha value is 0.608. The van der Waals surface area contributed by atoms with Gasteiger partial charge >= 0.3 is 0 Å². The summed E-state index contributed by atoms with van der Waals surface area (Å²) < 4.78 is 0. The van der Waals surface area contributed by atoms with Gasteiger partial charge in [-0.3, -0.25) is 0 Å². The fourth-order valence-electron chi connectivity index (χ4n) is 0.898. The Morgan fingerprint density at radius 2 is 1.22 bits per heavy atom. The van der Waals surface area contributed by atoms with E-state index in [1.807, 2.05) is 0 Å². The predicted molar refractivity (Wildman–Crippen MR) is 38.0 cm³/mol. The van der Waals surface area contributed by atoms with Crippen molar-refractivity contribution in [2.75, 3.05) is 0 Å². The van der Waals surface area contributed by atoms with E-state index >= 15 is 0 Å². The first-order valence-corrected chi connectivity index (χ1v) is 2.82. The third-order valence-corrected chi connectivity index (χ3v) is 1.32. The zero-order valence-electron chi connectivity index (χ0n) is 5.58. The summed E-state index contributed by atoms with van der Waals surface area (Å²) in [5.74, 6) is 0. The van der Waals surface area contributed by atoms with E-state index in [-0.39, 0.29) is 33.4 Å². The van der Waals surface area contributed by atoms with E-state index in [1.54, 1.807) is 0 Å². The Balaban J connectivity index is -0.000000120. The van der Waals surface area contributed by atoms with Gasteiger partial charge in [-0.1, -0.05) is 19.3 Å². The van der Waals surface area contributed by atoms with Crippen LogP contribution in [0.25, 0.3) is 12.3 Å². The van der Waals surface area contributed by atoms with Gasteiger partial charge in [0.15, 0.2) is 0 Å². The molecule has 1 aliphatic rings. The Bertz CT molecular complexity index is 26.5. The van der Waals surface area contributed by atoms with E-state index in [9.17, 15) is 0 Å². The van der Waals surface area contributed by atoms with E-state index < -0.39 is 0 Å². The first-order valence-electron chi connectivity index (χ1n) is 2.82. The predicted octanol–water partition coefficient (Wildman–Crippen LogP) is 3.59. The molecule has 0 spiro atoms. The Kier molecular flexibility index (Phi) is 20.7. The number of hydrogen-bond donors (Lipinski definition) is 0. The van der Waals surface area contributed by atoms with Gasteiger partial charge in [0.05, 0.1) is 0 Å². The van der Waals surface area contributed by atoms with Crippen molar-refractivity contribution in [2.45, 2.75) is 32.1 Å². The van der Waals surface area contributed by atoms with E-state index in [4.69, 9.17) is 0 Å². The molecule has 0 heterocycles. The molecule has 4 N–H and O–H groups in total. The minimum Gasteiger partial charge on any atom is -0.693 e. The zero-order valence-corrected chi connectivity index (χ0v) is 7.86. The summed E-state index contributed by atoms with van der Waals surface area (Å²) in [6.07, 6.45) is 9.50. The fraction of sp³-hybridized carbons (Fsp3) is 0.833. The zero-order chi connectivity index (χ0) is 4.24. The second kappa shape index (κ2) is 11.4. The molecule has 3 heteroatoms. The van der Waals surface area contributed by atoms with Crippen molar-refractivity contribution >= 4 is 0 Å². The molecule has 1 saturated carbocycles. The largest absolute Gasteiger partial charge is 0.693 e. The topological polar surface area (TPSA) is 67.0 Å². The van der Waals surface area contributed by atoms with Crippen LogP contribution < -0.4 is 0 Å². The molecular weight excluding hydrogens is 295 g/mol. The van der Waals surface area contributed by atoms with Gasteiger partial charge in [0.1, 0.15) is 0 Å². The second-order valence-electron chi connectivity index (χ2n) is 1.93. The van der Waals surface area contributed by atoms with Gasteiger partial charge in [0.25, 0.3) is 0 Å². The standard InChI is InChI=1S/C6H11.2H2N.Pt/c1-2-4-6-5-3-1;;;/h1H,2-6H2;2*1H2;/q3*-1;. The van der Waals surface area contributed by atoms with Crippen LogP contribution in [0.1, 0.15) is 32.1 Å². The van der Waals surface area contributed by atoms with Crippen LogP contribution in [0.4, 0.5) is 0 Å². The fourth-order valence-corrected chi connectivity index (χ4v) is 0.898. The van der Waals surface area contributed by atoms with Crippen LogP contribution in [-0.4, -0.2) is 0 Å². The summed E-state index contributed by atoms with van der Waals surface area (Å²) in [6, 6.07) is 0. The molecule has 1 aliphatic carbocycles. The molecule has 0 aromatic heterocycles. The molecule has 0 unspecified atom stereocenters. The monoisotopic (exact) mass is 310 g/mol. The minimum atomic E-state index is 0. The third kappa shape index (κ3) is 8.61. The molecule has 0 aliphatic heterocycles. The maximum absolute atomic E-state index is 2.39. The molecule has 1 fully saturated rings. The van der Waals surface area contributed by atoms with Crippen molar-refractivity contribution in [3.05, 3.63) is 18.7 Å². The molecule has 0 bridgehead atoms. The number of rotatable bonds is 0. The molecule has 9 heavy (non-hydrogen) atoms. The van der Waals surface area contributed by atoms with Crippen LogP contribution in [0, 0.1) is 6.42 Å². The van der Waals surface area contributed by atoms with Crippen LogP contribution in [0.2, 0.25) is 0 Å². The Morgan fingerprint density at radius 1 is 0.778 bits per heavy atom. The van der Waals surface area contributed by atoms with Crippen LogP contribution in [-0.2, 0) is 21.1 Å². The third-order valence-electron chi connectivity index (χ3n) is 1.32. The summed E-state index contributed by atoms with van der Waals surface area (Å²) in [5, 5.41) is 0. The van der Waals surface area contributed by atoms with E-state index in [1.165, 1.54) is 32.1 Å². The van der Waals surface area contributed by atoms with Crippen LogP contribution >= 0.6 is 0 Å². The summed E-state index contributed by atoms with van der Waals surface area (Å²) in [6.45, 7) is 0. The van der Waals surface area contributed by atoms with Gasteiger partial charge in [-0.2, -0.15) is 12.8 Å². The SMILES string of the molecule is [CH-]1CCCCC1.[NH2-].[NH2-].[Pt]. The van der Waals surface area contributed by atoms with Crippen molar-refractivity contribution in [1.29, 1.82) is 0 Å². The molecule has 0 aromatic carbocycles. The first-order chi connectivity index (χ1) is 3.00. The van der Waals surface area contributed by atoms with Gasteiger partial charge < -0.3 is 18.7 Å². The quantitative estimate of drug-likeness (QED) is 0.614. The molecule has 1 rings (SSSR count). The van der Waals surface area contributed by atoms with Crippen LogP contribution in [0.3, 0.4) is 0 Å². The molecule has 0 radical (unpaired) electrons. The smallest absolute Gasteiger partial charge is 0 e. The Morgan fingerprint density at radius 3 is 1.33 bits per heavy atom. The maximum atomic E-state index is 2.39. The van der Waals surface area contributed by atoms with Gasteiger partial charge in [0.2, 0.25) is 0 Å². The summed E-state index contributed by atoms with van der Waals surface area (Å²) in [4.78, 5) is 0. The molecule has 0 atom stereocenters. The summed E-state index contributed by atoms with van der Waals surface area (Å²) >= 11 is 0. The van der Waals surface area contributed by atoms with E-state index in [0.717, 1.165) is 0 Å². The molecule has 0 saturated heterocycles. The molecule has 0 aromatic rings. The molecular formula is C6H15N2Pt-3. The van der Waals surface area contributed by atoms with Gasteiger partial charge in [-0.25, -0.2) is 0 Å². The number of nitrogens with two attached hydrogens (primary N) is 2. The van der Waals surface area contributed by atoms with Gasteiger partial charge in [-0.15, -0.1) is 0 Å². The Labute approximate surface area is 72.2 Å². The van der Waals surface area contributed by atoms with Crippen molar-refractivity contribution in [3.63, 3.8) is 0 Å². The summed E-state index contributed by atoms with van der Waals surface area (Å²) in [5.41, 5.74) is 0.